The van der Waals surface area contributed by atoms with Crippen molar-refractivity contribution in [3.05, 3.63) is 64.5 Å². The lowest BCUT2D eigenvalue weighted by Crippen LogP contribution is -2.19. The number of hydrogen-bond acceptors (Lipinski definition) is 0. The molecule has 0 bridgehead atoms. The lowest BCUT2D eigenvalue weighted by molar-refractivity contribution is -0.474. The molecule has 0 atom stereocenters. The van der Waals surface area contributed by atoms with Crippen LogP contribution in [-0.4, -0.2) is 15.4 Å². The van der Waals surface area contributed by atoms with Crippen molar-refractivity contribution in [3.63, 3.8) is 0 Å². The average Bonchev–Trinajstić information content (AvgIpc) is 2.84. The summed E-state index contributed by atoms with van der Waals surface area (Å²) in [4.78, 5) is 0. The van der Waals surface area contributed by atoms with Crippen LogP contribution in [0.1, 0.15) is 5.56 Å². The Morgan fingerprint density at radius 1 is 1.10 bits per heavy atom. The minimum absolute atomic E-state index is 0.224. The van der Waals surface area contributed by atoms with E-state index >= 15 is 0 Å². The van der Waals surface area contributed by atoms with Crippen molar-refractivity contribution in [2.75, 3.05) is 0 Å². The molecule has 0 unspecified atom stereocenters. The number of benzene rings is 2. The van der Waals surface area contributed by atoms with Crippen LogP contribution in [0.2, 0.25) is 0 Å². The van der Waals surface area contributed by atoms with E-state index in [1.165, 1.54) is 17.0 Å². The Bertz CT molecular complexity index is 844. The predicted octanol–water partition coefficient (Wildman–Crippen LogP) is 4.28. The standard InChI is InChI=1S/C16H11BrFN2/c17-13-5-2-6-14(18)16(13)20-9-12-4-1-3-11-7-8-19(10-20)15(11)12/h1-9H,10H2/q+1. The second kappa shape index (κ2) is 4.28. The number of nitrogens with zero attached hydrogens (tertiary/aromatic N) is 2. The largest absolute Gasteiger partial charge is 0.291 e. The molecule has 0 fully saturated rings. The Labute approximate surface area is 123 Å². The van der Waals surface area contributed by atoms with Gasteiger partial charge in [0.15, 0.2) is 12.0 Å². The molecule has 1 aliphatic heterocycles. The molecule has 2 heterocycles. The Morgan fingerprint density at radius 3 is 2.80 bits per heavy atom. The van der Waals surface area contributed by atoms with Crippen LogP contribution in [0.25, 0.3) is 10.9 Å². The molecule has 0 N–H and O–H groups in total. The maximum absolute atomic E-state index is 14.1. The van der Waals surface area contributed by atoms with Crippen LogP contribution in [0, 0.1) is 5.82 Å². The van der Waals surface area contributed by atoms with Crippen molar-refractivity contribution in [3.8, 4) is 0 Å². The Balaban J connectivity index is 1.97. The Kier molecular flexibility index (Phi) is 2.54. The molecule has 0 saturated carbocycles. The second-order valence-corrected chi connectivity index (χ2v) is 5.74. The average molecular weight is 330 g/mol. The molecule has 0 amide bonds. The van der Waals surface area contributed by atoms with Gasteiger partial charge in [-0.25, -0.2) is 0 Å². The van der Waals surface area contributed by atoms with Crippen molar-refractivity contribution in [2.24, 2.45) is 0 Å². The molecule has 0 saturated heterocycles. The molecule has 20 heavy (non-hydrogen) atoms. The van der Waals surface area contributed by atoms with Crippen LogP contribution in [-0.2, 0) is 6.67 Å². The number of halogens is 2. The first-order valence-corrected chi connectivity index (χ1v) is 7.17. The van der Waals surface area contributed by atoms with E-state index in [1.54, 1.807) is 6.07 Å². The van der Waals surface area contributed by atoms with E-state index in [0.717, 1.165) is 10.0 Å². The minimum atomic E-state index is -0.224. The van der Waals surface area contributed by atoms with Crippen LogP contribution in [0.5, 0.6) is 0 Å². The lowest BCUT2D eigenvalue weighted by atomic mass is 10.1. The van der Waals surface area contributed by atoms with Gasteiger partial charge in [-0.05, 0) is 40.2 Å². The van der Waals surface area contributed by atoms with Crippen molar-refractivity contribution in [1.82, 2.24) is 4.57 Å². The van der Waals surface area contributed by atoms with Gasteiger partial charge in [0.25, 0.3) is 5.69 Å². The zero-order valence-electron chi connectivity index (χ0n) is 10.6. The number of rotatable bonds is 1. The van der Waals surface area contributed by atoms with E-state index in [2.05, 4.69) is 38.7 Å². The van der Waals surface area contributed by atoms with Gasteiger partial charge in [0, 0.05) is 11.6 Å². The van der Waals surface area contributed by atoms with Crippen molar-refractivity contribution >= 4 is 38.7 Å². The first-order valence-electron chi connectivity index (χ1n) is 6.37. The minimum Gasteiger partial charge on any atom is -0.291 e. The molecule has 4 heteroatoms. The fraction of sp³-hybridized carbons (Fsp3) is 0.0625. The highest BCUT2D eigenvalue weighted by molar-refractivity contribution is 9.10. The number of para-hydroxylation sites is 2. The van der Waals surface area contributed by atoms with E-state index in [1.807, 2.05) is 29.1 Å². The van der Waals surface area contributed by atoms with Crippen LogP contribution < -0.4 is 0 Å². The van der Waals surface area contributed by atoms with Gasteiger partial charge >= 0.3 is 0 Å². The van der Waals surface area contributed by atoms with Crippen LogP contribution in [0.3, 0.4) is 0 Å². The second-order valence-electron chi connectivity index (χ2n) is 4.88. The third-order valence-electron chi connectivity index (χ3n) is 3.64. The van der Waals surface area contributed by atoms with Gasteiger partial charge in [-0.1, -0.05) is 18.2 Å². The summed E-state index contributed by atoms with van der Waals surface area (Å²) in [6, 6.07) is 13.3. The highest BCUT2D eigenvalue weighted by Crippen LogP contribution is 2.31. The van der Waals surface area contributed by atoms with Crippen LogP contribution in [0.4, 0.5) is 10.1 Å². The summed E-state index contributed by atoms with van der Waals surface area (Å²) in [7, 11) is 0. The van der Waals surface area contributed by atoms with E-state index in [-0.39, 0.29) is 5.82 Å². The van der Waals surface area contributed by atoms with Crippen molar-refractivity contribution in [1.29, 1.82) is 0 Å². The highest BCUT2D eigenvalue weighted by atomic mass is 79.9. The predicted molar refractivity (Wildman–Crippen MR) is 81.1 cm³/mol. The topological polar surface area (TPSA) is 7.94 Å². The van der Waals surface area contributed by atoms with Gasteiger partial charge in [0.1, 0.15) is 0 Å². The molecule has 2 nitrogen and oxygen atoms in total. The van der Waals surface area contributed by atoms with Crippen molar-refractivity contribution in [2.45, 2.75) is 6.67 Å². The highest BCUT2D eigenvalue weighted by Gasteiger charge is 2.24. The SMILES string of the molecule is Fc1cccc(Br)c1[N+]1=Cc2cccc3ccn(c23)C1. The van der Waals surface area contributed by atoms with E-state index < -0.39 is 0 Å². The van der Waals surface area contributed by atoms with Gasteiger partial charge in [-0.3, -0.25) is 4.57 Å². The summed E-state index contributed by atoms with van der Waals surface area (Å²) in [5.41, 5.74) is 2.88. The normalized spacial score (nSPS) is 13.6. The summed E-state index contributed by atoms with van der Waals surface area (Å²) < 4.78 is 19.0. The van der Waals surface area contributed by atoms with Gasteiger partial charge < -0.3 is 0 Å². The quantitative estimate of drug-likeness (QED) is 0.589. The third-order valence-corrected chi connectivity index (χ3v) is 4.28. The smallest absolute Gasteiger partial charge is 0.257 e. The maximum atomic E-state index is 14.1. The van der Waals surface area contributed by atoms with E-state index in [9.17, 15) is 4.39 Å². The summed E-state index contributed by atoms with van der Waals surface area (Å²) in [5.74, 6) is -0.224. The van der Waals surface area contributed by atoms with Crippen molar-refractivity contribution < 1.29 is 8.97 Å². The molecule has 0 aliphatic carbocycles. The van der Waals surface area contributed by atoms with Gasteiger partial charge in [0.05, 0.1) is 15.6 Å². The van der Waals surface area contributed by atoms with Crippen LogP contribution in [0.15, 0.2) is 53.1 Å². The summed E-state index contributed by atoms with van der Waals surface area (Å²) in [5, 5.41) is 1.21. The zero-order chi connectivity index (χ0) is 13.7. The summed E-state index contributed by atoms with van der Waals surface area (Å²) in [6.45, 7) is 0.611. The first kappa shape index (κ1) is 11.9. The monoisotopic (exact) mass is 329 g/mol. The summed E-state index contributed by atoms with van der Waals surface area (Å²) in [6.07, 6.45) is 4.05. The molecule has 4 rings (SSSR count). The zero-order valence-corrected chi connectivity index (χ0v) is 12.1. The Hall–Kier alpha value is -1.94. The third kappa shape index (κ3) is 1.64. The Morgan fingerprint density at radius 2 is 1.95 bits per heavy atom. The molecule has 1 aromatic heterocycles. The number of hydrogen-bond donors (Lipinski definition) is 0. The lowest BCUT2D eigenvalue weighted by Gasteiger charge is -2.13. The fourth-order valence-corrected chi connectivity index (χ4v) is 3.35. The molecule has 1 aliphatic rings. The molecular weight excluding hydrogens is 319 g/mol. The van der Waals surface area contributed by atoms with E-state index in [4.69, 9.17) is 0 Å². The molecule has 98 valence electrons. The molecular formula is C16H11BrFN2+. The maximum Gasteiger partial charge on any atom is 0.257 e. The van der Waals surface area contributed by atoms with E-state index in [0.29, 0.717) is 12.4 Å². The molecule has 0 radical (unpaired) electrons. The van der Waals surface area contributed by atoms with Crippen LogP contribution >= 0.6 is 15.9 Å². The van der Waals surface area contributed by atoms with Gasteiger partial charge in [0.2, 0.25) is 6.67 Å². The van der Waals surface area contributed by atoms with Gasteiger partial charge in [-0.15, -0.1) is 0 Å². The number of aromatic nitrogens is 1. The molecule has 0 spiro atoms. The molecule has 2 aromatic carbocycles. The fourth-order valence-electron chi connectivity index (χ4n) is 2.78. The first-order chi connectivity index (χ1) is 9.74. The molecule has 3 aromatic rings. The van der Waals surface area contributed by atoms with Gasteiger partial charge in [-0.2, -0.15) is 8.97 Å². The summed E-state index contributed by atoms with van der Waals surface area (Å²) >= 11 is 3.44.